The normalized spacial score (nSPS) is 8.64. The highest BCUT2D eigenvalue weighted by Crippen LogP contribution is 1.98. The molecule has 0 aliphatic rings. The van der Waals surface area contributed by atoms with Crippen molar-refractivity contribution >= 4 is 12.0 Å². The standard InChI is InChI=1S/C12H11O2/c1-2-14-12(13)10-6-9-11-7-4-3-5-8-11/h3-5,7-9H,2H2,1H3. The Morgan fingerprint density at radius 2 is 2.14 bits per heavy atom. The molecule has 0 aromatic heterocycles. The molecule has 0 saturated heterocycles. The number of benzene rings is 1. The second-order valence-corrected chi connectivity index (χ2v) is 2.54. The van der Waals surface area contributed by atoms with Crippen LogP contribution in [0.3, 0.4) is 0 Å². The van der Waals surface area contributed by atoms with E-state index in [9.17, 15) is 4.79 Å². The summed E-state index contributed by atoms with van der Waals surface area (Å²) in [7, 11) is 0. The highest BCUT2D eigenvalue weighted by molar-refractivity contribution is 5.78. The second kappa shape index (κ2) is 5.79. The molecule has 0 heterocycles. The topological polar surface area (TPSA) is 26.3 Å². The maximum Gasteiger partial charge on any atom is 0.347 e. The molecular formula is C12H11O2. The van der Waals surface area contributed by atoms with E-state index < -0.39 is 5.97 Å². The predicted octanol–water partition coefficient (Wildman–Crippen LogP) is 2.22. The lowest BCUT2D eigenvalue weighted by Crippen LogP contribution is -1.98. The summed E-state index contributed by atoms with van der Waals surface area (Å²) in [6.07, 6.45) is 4.04. The molecule has 0 bridgehead atoms. The van der Waals surface area contributed by atoms with E-state index in [0.29, 0.717) is 6.61 Å². The van der Waals surface area contributed by atoms with Gasteiger partial charge in [0.2, 0.25) is 0 Å². The molecule has 0 atom stereocenters. The lowest BCUT2D eigenvalue weighted by Gasteiger charge is -1.91. The maximum absolute atomic E-state index is 10.8. The van der Waals surface area contributed by atoms with E-state index >= 15 is 0 Å². The van der Waals surface area contributed by atoms with Gasteiger partial charge >= 0.3 is 5.97 Å². The summed E-state index contributed by atoms with van der Waals surface area (Å²) in [5.74, 6) is -0.486. The molecule has 0 spiro atoms. The Kier molecular flexibility index (Phi) is 4.25. The fourth-order valence-electron chi connectivity index (χ4n) is 0.895. The monoisotopic (exact) mass is 187 g/mol. The summed E-state index contributed by atoms with van der Waals surface area (Å²) < 4.78 is 4.65. The van der Waals surface area contributed by atoms with Crippen LogP contribution in [0.1, 0.15) is 12.5 Å². The van der Waals surface area contributed by atoms with Crippen molar-refractivity contribution in [3.63, 3.8) is 0 Å². The Morgan fingerprint density at radius 3 is 2.79 bits per heavy atom. The number of hydrogen-bond acceptors (Lipinski definition) is 2. The molecule has 1 aromatic carbocycles. The number of carbonyl (C=O) groups excluding carboxylic acids is 1. The molecule has 0 amide bonds. The van der Waals surface area contributed by atoms with E-state index in [1.165, 1.54) is 0 Å². The summed E-state index contributed by atoms with van der Waals surface area (Å²) in [5.41, 5.74) is 3.61. The van der Waals surface area contributed by atoms with E-state index in [1.54, 1.807) is 13.0 Å². The van der Waals surface area contributed by atoms with Crippen LogP contribution in [0.2, 0.25) is 0 Å². The molecule has 1 rings (SSSR count). The van der Waals surface area contributed by atoms with Crippen LogP contribution in [0.25, 0.3) is 6.08 Å². The summed E-state index contributed by atoms with van der Waals surface area (Å²) in [6.45, 7) is 2.11. The molecule has 71 valence electrons. The van der Waals surface area contributed by atoms with Crippen molar-refractivity contribution in [3.8, 4) is 0 Å². The number of hydrogen-bond donors (Lipinski definition) is 0. The van der Waals surface area contributed by atoms with Crippen LogP contribution in [0.5, 0.6) is 0 Å². The third-order valence-corrected chi connectivity index (χ3v) is 1.49. The molecule has 2 nitrogen and oxygen atoms in total. The van der Waals surface area contributed by atoms with Gasteiger partial charge in [0, 0.05) is 0 Å². The van der Waals surface area contributed by atoms with Gasteiger partial charge in [0.05, 0.1) is 6.61 Å². The second-order valence-electron chi connectivity index (χ2n) is 2.54. The lowest BCUT2D eigenvalue weighted by atomic mass is 10.2. The molecule has 0 fully saturated rings. The highest BCUT2D eigenvalue weighted by atomic mass is 16.5. The highest BCUT2D eigenvalue weighted by Gasteiger charge is 1.91. The molecule has 0 N–H and O–H groups in total. The van der Waals surface area contributed by atoms with Crippen LogP contribution in [0.4, 0.5) is 0 Å². The third-order valence-electron chi connectivity index (χ3n) is 1.49. The Hall–Kier alpha value is -1.79. The van der Waals surface area contributed by atoms with E-state index in [2.05, 4.69) is 16.5 Å². The molecule has 0 unspecified atom stereocenters. The van der Waals surface area contributed by atoms with Gasteiger partial charge in [-0.05, 0) is 18.6 Å². The van der Waals surface area contributed by atoms with Crippen LogP contribution in [-0.2, 0) is 9.53 Å². The van der Waals surface area contributed by atoms with Gasteiger partial charge in [-0.2, -0.15) is 0 Å². The van der Waals surface area contributed by atoms with Crippen molar-refractivity contribution in [2.45, 2.75) is 6.92 Å². The smallest absolute Gasteiger partial charge is 0.347 e. The predicted molar refractivity (Wildman–Crippen MR) is 54.3 cm³/mol. The van der Waals surface area contributed by atoms with Crippen LogP contribution in [0, 0.1) is 6.08 Å². The van der Waals surface area contributed by atoms with Gasteiger partial charge in [0.25, 0.3) is 0 Å². The Morgan fingerprint density at radius 1 is 1.43 bits per heavy atom. The number of esters is 1. The first kappa shape index (κ1) is 10.3. The van der Waals surface area contributed by atoms with Crippen molar-refractivity contribution in [2.24, 2.45) is 0 Å². The van der Waals surface area contributed by atoms with Gasteiger partial charge in [0.15, 0.2) is 0 Å². The first-order valence-electron chi connectivity index (χ1n) is 4.39. The van der Waals surface area contributed by atoms with Crippen molar-refractivity contribution in [1.82, 2.24) is 0 Å². The van der Waals surface area contributed by atoms with Gasteiger partial charge in [0.1, 0.15) is 6.08 Å². The molecule has 1 radical (unpaired) electrons. The number of rotatable bonds is 3. The Labute approximate surface area is 83.5 Å². The van der Waals surface area contributed by atoms with Gasteiger partial charge < -0.3 is 4.74 Å². The van der Waals surface area contributed by atoms with E-state index in [4.69, 9.17) is 0 Å². The zero-order chi connectivity index (χ0) is 10.2. The molecule has 0 aliphatic carbocycles. The van der Waals surface area contributed by atoms with Crippen LogP contribution in [0.15, 0.2) is 36.1 Å². The maximum atomic E-state index is 10.8. The zero-order valence-electron chi connectivity index (χ0n) is 7.99. The zero-order valence-corrected chi connectivity index (χ0v) is 7.99. The van der Waals surface area contributed by atoms with Crippen molar-refractivity contribution < 1.29 is 9.53 Å². The van der Waals surface area contributed by atoms with Gasteiger partial charge in [-0.25, -0.2) is 4.79 Å². The van der Waals surface area contributed by atoms with E-state index in [0.717, 1.165) is 5.56 Å². The molecule has 14 heavy (non-hydrogen) atoms. The van der Waals surface area contributed by atoms with E-state index in [-0.39, 0.29) is 0 Å². The van der Waals surface area contributed by atoms with Crippen LogP contribution < -0.4 is 0 Å². The minimum atomic E-state index is -0.486. The van der Waals surface area contributed by atoms with E-state index in [1.807, 2.05) is 30.3 Å². The molecule has 0 aliphatic heterocycles. The fraction of sp³-hybridized carbons (Fsp3) is 0.167. The molecule has 2 heteroatoms. The summed E-state index contributed by atoms with van der Waals surface area (Å²) >= 11 is 0. The Balaban J connectivity index is 2.60. The van der Waals surface area contributed by atoms with Crippen molar-refractivity contribution in [2.75, 3.05) is 6.61 Å². The minimum Gasteiger partial charge on any atom is -0.462 e. The quantitative estimate of drug-likeness (QED) is 0.412. The first-order chi connectivity index (χ1) is 6.83. The van der Waals surface area contributed by atoms with Gasteiger partial charge in [-0.1, -0.05) is 30.3 Å². The third kappa shape index (κ3) is 3.74. The number of carbonyl (C=O) groups is 1. The Bertz CT molecular complexity index is 346. The molecule has 0 saturated carbocycles. The average molecular weight is 187 g/mol. The van der Waals surface area contributed by atoms with Crippen LogP contribution in [-0.4, -0.2) is 12.6 Å². The van der Waals surface area contributed by atoms with Crippen molar-refractivity contribution in [1.29, 1.82) is 0 Å². The lowest BCUT2D eigenvalue weighted by molar-refractivity contribution is -0.138. The van der Waals surface area contributed by atoms with Crippen molar-refractivity contribution in [3.05, 3.63) is 47.7 Å². The minimum absolute atomic E-state index is 0.360. The summed E-state index contributed by atoms with van der Waals surface area (Å²) in [4.78, 5) is 10.8. The average Bonchev–Trinajstić information content (AvgIpc) is 2.20. The summed E-state index contributed by atoms with van der Waals surface area (Å²) in [5, 5.41) is 0. The first-order valence-corrected chi connectivity index (χ1v) is 4.39. The largest absolute Gasteiger partial charge is 0.462 e. The SMILES string of the molecule is CCOC(=O)[C]=C=Cc1ccccc1. The van der Waals surface area contributed by atoms with Gasteiger partial charge in [-0.3, -0.25) is 0 Å². The fourth-order valence-corrected chi connectivity index (χ4v) is 0.895. The van der Waals surface area contributed by atoms with Gasteiger partial charge in [-0.15, -0.1) is 5.73 Å². The van der Waals surface area contributed by atoms with Crippen LogP contribution >= 0.6 is 0 Å². The summed E-state index contributed by atoms with van der Waals surface area (Å²) in [6, 6.07) is 9.59. The molecular weight excluding hydrogens is 176 g/mol. The molecule has 1 aromatic rings. The number of ether oxygens (including phenoxy) is 1.